The molecule has 0 saturated heterocycles. The monoisotopic (exact) mass is 517 g/mol. The van der Waals surface area contributed by atoms with E-state index >= 15 is 0 Å². The average molecular weight is 519 g/mol. The minimum absolute atomic E-state index is 0.310. The molecule has 0 unspecified atom stereocenters. The van der Waals surface area contributed by atoms with Crippen LogP contribution in [-0.4, -0.2) is 15.9 Å². The summed E-state index contributed by atoms with van der Waals surface area (Å²) >= 11 is 15.4. The fraction of sp³-hybridized carbons (Fsp3) is 0.0455. The van der Waals surface area contributed by atoms with Gasteiger partial charge in [-0.2, -0.15) is 5.10 Å². The zero-order valence-corrected chi connectivity index (χ0v) is 18.9. The summed E-state index contributed by atoms with van der Waals surface area (Å²) in [5, 5.41) is 5.39. The van der Waals surface area contributed by atoms with Crippen molar-refractivity contribution in [1.82, 2.24) is 9.66 Å². The van der Waals surface area contributed by atoms with E-state index in [-0.39, 0.29) is 0 Å². The first-order valence-corrected chi connectivity index (χ1v) is 10.6. The van der Waals surface area contributed by atoms with Crippen molar-refractivity contribution in [3.05, 3.63) is 107 Å². The molecule has 4 rings (SSSR count). The third-order valence-electron chi connectivity index (χ3n) is 4.44. The largest absolute Gasteiger partial charge is 0.488 e. The smallest absolute Gasteiger partial charge is 0.349 e. The van der Waals surface area contributed by atoms with Crippen molar-refractivity contribution in [3.8, 4) is 5.75 Å². The molecule has 6 nitrogen and oxygen atoms in total. The van der Waals surface area contributed by atoms with Crippen molar-refractivity contribution in [1.29, 1.82) is 0 Å². The molecule has 4 aromatic rings. The Hall–Kier alpha value is -2.87. The van der Waals surface area contributed by atoms with Crippen LogP contribution in [0.5, 0.6) is 5.75 Å². The van der Waals surface area contributed by atoms with Gasteiger partial charge in [0.25, 0.3) is 5.56 Å². The molecule has 0 fully saturated rings. The number of aromatic nitrogens is 2. The molecule has 31 heavy (non-hydrogen) atoms. The van der Waals surface area contributed by atoms with Crippen LogP contribution in [0, 0.1) is 0 Å². The summed E-state index contributed by atoms with van der Waals surface area (Å²) in [7, 11) is 0. The van der Waals surface area contributed by atoms with Gasteiger partial charge < -0.3 is 9.72 Å². The van der Waals surface area contributed by atoms with Crippen LogP contribution in [0.15, 0.2) is 79.8 Å². The van der Waals surface area contributed by atoms with E-state index < -0.39 is 11.2 Å². The van der Waals surface area contributed by atoms with E-state index in [1.165, 1.54) is 6.21 Å². The van der Waals surface area contributed by atoms with Crippen LogP contribution in [0.3, 0.4) is 0 Å². The van der Waals surface area contributed by atoms with Gasteiger partial charge >= 0.3 is 5.69 Å². The highest BCUT2D eigenvalue weighted by atomic mass is 79.9. The molecule has 1 aromatic heterocycles. The minimum atomic E-state index is -0.611. The van der Waals surface area contributed by atoms with Gasteiger partial charge in [-0.1, -0.05) is 41.4 Å². The second-order valence-corrected chi connectivity index (χ2v) is 8.23. The first-order chi connectivity index (χ1) is 14.9. The predicted molar refractivity (Wildman–Crippen MR) is 127 cm³/mol. The highest BCUT2D eigenvalue weighted by Crippen LogP contribution is 2.28. The van der Waals surface area contributed by atoms with Gasteiger partial charge in [0.15, 0.2) is 0 Å². The van der Waals surface area contributed by atoms with Crippen molar-refractivity contribution in [2.75, 3.05) is 0 Å². The van der Waals surface area contributed by atoms with Crippen molar-refractivity contribution >= 4 is 56.2 Å². The molecule has 9 heteroatoms. The van der Waals surface area contributed by atoms with Crippen molar-refractivity contribution in [2.24, 2.45) is 5.10 Å². The number of hydrogen-bond donors (Lipinski definition) is 1. The molecule has 0 radical (unpaired) electrons. The van der Waals surface area contributed by atoms with Gasteiger partial charge in [0.2, 0.25) is 0 Å². The number of para-hydroxylation sites is 1. The fourth-order valence-electron chi connectivity index (χ4n) is 2.89. The van der Waals surface area contributed by atoms with Gasteiger partial charge in [-0.05, 0) is 69.5 Å². The maximum Gasteiger partial charge on any atom is 0.349 e. The summed E-state index contributed by atoms with van der Waals surface area (Å²) in [6.45, 7) is 0.310. The third-order valence-corrected chi connectivity index (χ3v) is 5.80. The number of fused-ring (bicyclic) bond motifs is 1. The molecule has 0 aliphatic carbocycles. The topological polar surface area (TPSA) is 76.5 Å². The zero-order chi connectivity index (χ0) is 22.0. The van der Waals surface area contributed by atoms with Crippen LogP contribution in [0.25, 0.3) is 10.9 Å². The molecular formula is C22H14BrCl2N3O3. The molecule has 0 bridgehead atoms. The van der Waals surface area contributed by atoms with E-state index in [1.54, 1.807) is 54.6 Å². The van der Waals surface area contributed by atoms with E-state index in [4.69, 9.17) is 27.9 Å². The van der Waals surface area contributed by atoms with E-state index in [2.05, 4.69) is 26.0 Å². The summed E-state index contributed by atoms with van der Waals surface area (Å²) in [6, 6.07) is 17.4. The van der Waals surface area contributed by atoms with E-state index in [1.807, 2.05) is 6.07 Å². The molecule has 0 atom stereocenters. The molecule has 156 valence electrons. The predicted octanol–water partition coefficient (Wildman–Crippen LogP) is 5.22. The highest BCUT2D eigenvalue weighted by molar-refractivity contribution is 9.10. The summed E-state index contributed by atoms with van der Waals surface area (Å²) in [6.07, 6.45) is 1.43. The Morgan fingerprint density at radius 2 is 1.84 bits per heavy atom. The van der Waals surface area contributed by atoms with E-state index in [0.717, 1.165) is 10.2 Å². The number of aromatic amines is 1. The number of nitrogens with one attached hydrogen (secondary N) is 1. The first kappa shape index (κ1) is 21.4. The normalized spacial score (nSPS) is 11.3. The minimum Gasteiger partial charge on any atom is -0.488 e. The lowest BCUT2D eigenvalue weighted by atomic mass is 10.2. The average Bonchev–Trinajstić information content (AvgIpc) is 2.75. The van der Waals surface area contributed by atoms with Crippen molar-refractivity contribution in [3.63, 3.8) is 0 Å². The van der Waals surface area contributed by atoms with Gasteiger partial charge in [0.05, 0.1) is 31.6 Å². The number of nitrogens with zero attached hydrogens (tertiary/aromatic N) is 2. The lowest BCUT2D eigenvalue weighted by molar-refractivity contribution is 0.304. The van der Waals surface area contributed by atoms with Crippen LogP contribution in [0.2, 0.25) is 10.0 Å². The Kier molecular flexibility index (Phi) is 6.27. The second-order valence-electron chi connectivity index (χ2n) is 6.56. The van der Waals surface area contributed by atoms with Crippen LogP contribution in [0.1, 0.15) is 11.1 Å². The number of rotatable bonds is 5. The molecule has 0 amide bonds. The quantitative estimate of drug-likeness (QED) is 0.368. The number of ether oxygens (including phenoxy) is 1. The summed E-state index contributed by atoms with van der Waals surface area (Å²) in [5.74, 6) is 0.615. The molecule has 0 aliphatic rings. The Morgan fingerprint density at radius 1 is 1.03 bits per heavy atom. The molecule has 1 heterocycles. The van der Waals surface area contributed by atoms with Crippen LogP contribution >= 0.6 is 39.1 Å². The Morgan fingerprint density at radius 3 is 2.61 bits per heavy atom. The summed E-state index contributed by atoms with van der Waals surface area (Å²) < 4.78 is 7.31. The molecule has 0 spiro atoms. The lowest BCUT2D eigenvalue weighted by Gasteiger charge is -2.09. The molecule has 1 N–H and O–H groups in total. The Labute approximate surface area is 194 Å². The third kappa shape index (κ3) is 4.74. The molecule has 0 aliphatic heterocycles. The van der Waals surface area contributed by atoms with Crippen molar-refractivity contribution < 1.29 is 4.74 Å². The van der Waals surface area contributed by atoms with Gasteiger partial charge in [-0.3, -0.25) is 4.79 Å². The lowest BCUT2D eigenvalue weighted by Crippen LogP contribution is -2.32. The van der Waals surface area contributed by atoms with Gasteiger partial charge in [0.1, 0.15) is 12.4 Å². The first-order valence-electron chi connectivity index (χ1n) is 9.07. The molecular weight excluding hydrogens is 505 g/mol. The standard InChI is InChI=1S/C22H14BrCl2N3O3/c23-16-9-13(6-8-20(16)31-12-14-5-7-17(24)18(25)10-14)11-26-28-21(29)15-3-1-2-4-19(15)27-22(28)30/h1-11H,12H2,(H,27,30). The Balaban J connectivity index is 1.54. The fourth-order valence-corrected chi connectivity index (χ4v) is 3.72. The number of halogens is 3. The number of hydrogen-bond acceptors (Lipinski definition) is 4. The van der Waals surface area contributed by atoms with E-state index in [9.17, 15) is 9.59 Å². The van der Waals surface area contributed by atoms with Crippen LogP contribution in [-0.2, 0) is 6.61 Å². The SMILES string of the molecule is O=c1[nH]c2ccccc2c(=O)n1N=Cc1ccc(OCc2ccc(Cl)c(Cl)c2)c(Br)c1. The number of benzene rings is 3. The maximum atomic E-state index is 12.5. The molecule has 0 saturated carbocycles. The zero-order valence-electron chi connectivity index (χ0n) is 15.8. The van der Waals surface area contributed by atoms with Crippen LogP contribution in [0.4, 0.5) is 0 Å². The van der Waals surface area contributed by atoms with Gasteiger partial charge in [-0.15, -0.1) is 4.68 Å². The van der Waals surface area contributed by atoms with Crippen LogP contribution < -0.4 is 16.0 Å². The van der Waals surface area contributed by atoms with Gasteiger partial charge in [-0.25, -0.2) is 4.79 Å². The summed E-state index contributed by atoms with van der Waals surface area (Å²) in [4.78, 5) is 27.4. The maximum absolute atomic E-state index is 12.5. The Bertz CT molecular complexity index is 1430. The molecule has 3 aromatic carbocycles. The highest BCUT2D eigenvalue weighted by Gasteiger charge is 2.07. The van der Waals surface area contributed by atoms with E-state index in [0.29, 0.717) is 43.3 Å². The van der Waals surface area contributed by atoms with Crippen molar-refractivity contribution in [2.45, 2.75) is 6.61 Å². The van der Waals surface area contributed by atoms with Gasteiger partial charge in [0, 0.05) is 0 Å². The number of H-pyrrole nitrogens is 1. The second kappa shape index (κ2) is 9.09. The summed E-state index contributed by atoms with van der Waals surface area (Å²) in [5.41, 5.74) is 0.919.